The van der Waals surface area contributed by atoms with Crippen molar-refractivity contribution < 1.29 is 14.1 Å². The van der Waals surface area contributed by atoms with Gasteiger partial charge in [-0.05, 0) is 68.8 Å². The van der Waals surface area contributed by atoms with E-state index in [1.807, 2.05) is 25.1 Å². The quantitative estimate of drug-likeness (QED) is 0.806. The van der Waals surface area contributed by atoms with Crippen molar-refractivity contribution >= 4 is 11.9 Å². The fourth-order valence-corrected chi connectivity index (χ4v) is 6.27. The van der Waals surface area contributed by atoms with Crippen molar-refractivity contribution in [3.05, 3.63) is 40.4 Å². The average molecular weight is 410 g/mol. The fourth-order valence-electron chi connectivity index (χ4n) is 6.27. The first-order valence-corrected chi connectivity index (χ1v) is 10.7. The molecule has 2 aromatic rings. The van der Waals surface area contributed by atoms with E-state index in [2.05, 4.69) is 15.8 Å². The summed E-state index contributed by atoms with van der Waals surface area (Å²) in [7, 11) is 0. The van der Waals surface area contributed by atoms with Crippen molar-refractivity contribution in [3.8, 4) is 11.4 Å². The van der Waals surface area contributed by atoms with E-state index in [-0.39, 0.29) is 17.9 Å². The number of aromatic nitrogens is 2. The molecule has 0 unspecified atom stereocenters. The molecule has 0 radical (unpaired) electrons. The van der Waals surface area contributed by atoms with Crippen molar-refractivity contribution in [2.24, 2.45) is 17.8 Å². The van der Waals surface area contributed by atoms with Crippen molar-refractivity contribution in [3.63, 3.8) is 0 Å². The summed E-state index contributed by atoms with van der Waals surface area (Å²) in [5.41, 5.74) is 1.42. The number of hydrogen-bond acceptors (Lipinski definition) is 5. The molecular formula is C22H26N4O4. The van der Waals surface area contributed by atoms with Gasteiger partial charge in [-0.1, -0.05) is 29.4 Å². The Morgan fingerprint density at radius 2 is 1.77 bits per heavy atom. The van der Waals surface area contributed by atoms with E-state index in [9.17, 15) is 14.4 Å². The van der Waals surface area contributed by atoms with Gasteiger partial charge in [0.2, 0.25) is 5.91 Å². The standard InChI is InChI=1S/C22H26N4O4/c1-13-4-2-3-5-17(13)19-25-30-21(29)26(19)12-18(27)23-20(28)24-22-9-14-6-15(10-22)8-16(7-14)11-22/h2-5,14-16H,6-12H2,1H3,(H2,23,24,27,28). The third-order valence-electron chi connectivity index (χ3n) is 7.04. The maximum Gasteiger partial charge on any atom is 0.442 e. The van der Waals surface area contributed by atoms with Gasteiger partial charge in [-0.15, -0.1) is 0 Å². The Kier molecular flexibility index (Phi) is 4.52. The van der Waals surface area contributed by atoms with Gasteiger partial charge in [-0.25, -0.2) is 14.2 Å². The number of rotatable bonds is 4. The predicted octanol–water partition coefficient (Wildman–Crippen LogP) is 2.61. The summed E-state index contributed by atoms with van der Waals surface area (Å²) >= 11 is 0. The minimum atomic E-state index is -0.732. The second-order valence-corrected chi connectivity index (χ2v) is 9.37. The van der Waals surface area contributed by atoms with Crippen LogP contribution in [0, 0.1) is 24.7 Å². The molecule has 1 aromatic carbocycles. The van der Waals surface area contributed by atoms with Crippen LogP contribution < -0.4 is 16.4 Å². The normalized spacial score (nSPS) is 29.0. The summed E-state index contributed by atoms with van der Waals surface area (Å²) in [6.45, 7) is 1.55. The van der Waals surface area contributed by atoms with Gasteiger partial charge in [0.15, 0.2) is 5.82 Å². The molecule has 4 aliphatic carbocycles. The van der Waals surface area contributed by atoms with Crippen LogP contribution in [0.3, 0.4) is 0 Å². The number of imide groups is 1. The number of nitrogens with one attached hydrogen (secondary N) is 2. The van der Waals surface area contributed by atoms with E-state index in [0.29, 0.717) is 23.3 Å². The van der Waals surface area contributed by atoms with E-state index in [1.54, 1.807) is 6.07 Å². The molecule has 8 heteroatoms. The third kappa shape index (κ3) is 3.44. The van der Waals surface area contributed by atoms with Crippen LogP contribution >= 0.6 is 0 Å². The van der Waals surface area contributed by atoms with Gasteiger partial charge >= 0.3 is 11.8 Å². The Labute approximate surface area is 174 Å². The van der Waals surface area contributed by atoms with Gasteiger partial charge < -0.3 is 5.32 Å². The summed E-state index contributed by atoms with van der Waals surface area (Å²) in [5.74, 6) is 1.05. The second-order valence-electron chi connectivity index (χ2n) is 9.37. The lowest BCUT2D eigenvalue weighted by Crippen LogP contribution is -2.62. The average Bonchev–Trinajstić information content (AvgIpc) is 3.00. The number of urea groups is 1. The minimum absolute atomic E-state index is 0.181. The van der Waals surface area contributed by atoms with Crippen LogP contribution in [-0.2, 0) is 11.3 Å². The number of carbonyl (C=O) groups excluding carboxylic acids is 2. The van der Waals surface area contributed by atoms with Crippen molar-refractivity contribution in [2.75, 3.05) is 0 Å². The molecule has 4 bridgehead atoms. The summed E-state index contributed by atoms with van der Waals surface area (Å²) in [6.07, 6.45) is 6.84. The zero-order valence-electron chi connectivity index (χ0n) is 17.0. The van der Waals surface area contributed by atoms with Gasteiger partial charge in [0, 0.05) is 11.1 Å². The Morgan fingerprint density at radius 3 is 2.40 bits per heavy atom. The lowest BCUT2D eigenvalue weighted by atomic mass is 9.53. The lowest BCUT2D eigenvalue weighted by molar-refractivity contribution is -0.120. The third-order valence-corrected chi connectivity index (χ3v) is 7.04. The highest BCUT2D eigenvalue weighted by Gasteiger charge is 2.51. The van der Waals surface area contributed by atoms with Crippen LogP contribution in [0.5, 0.6) is 0 Å². The van der Waals surface area contributed by atoms with Crippen LogP contribution in [0.15, 0.2) is 33.6 Å². The van der Waals surface area contributed by atoms with Gasteiger partial charge in [-0.3, -0.25) is 14.6 Å². The summed E-state index contributed by atoms with van der Waals surface area (Å²) in [4.78, 5) is 37.2. The molecular weight excluding hydrogens is 384 g/mol. The molecule has 0 saturated heterocycles. The number of aryl methyl sites for hydroxylation is 1. The zero-order chi connectivity index (χ0) is 20.9. The van der Waals surface area contributed by atoms with E-state index < -0.39 is 17.7 Å². The molecule has 0 aliphatic heterocycles. The molecule has 4 aliphatic rings. The van der Waals surface area contributed by atoms with Crippen LogP contribution in [0.4, 0.5) is 4.79 Å². The van der Waals surface area contributed by atoms with E-state index in [1.165, 1.54) is 19.3 Å². The second kappa shape index (κ2) is 7.11. The highest BCUT2D eigenvalue weighted by molar-refractivity contribution is 5.94. The first-order chi connectivity index (χ1) is 14.4. The van der Waals surface area contributed by atoms with Crippen molar-refractivity contribution in [1.29, 1.82) is 0 Å². The largest absolute Gasteiger partial charge is 0.442 e. The monoisotopic (exact) mass is 410 g/mol. The molecule has 2 N–H and O–H groups in total. The van der Waals surface area contributed by atoms with E-state index in [4.69, 9.17) is 4.52 Å². The highest BCUT2D eigenvalue weighted by Crippen LogP contribution is 2.55. The zero-order valence-corrected chi connectivity index (χ0v) is 17.0. The molecule has 1 aromatic heterocycles. The molecule has 30 heavy (non-hydrogen) atoms. The molecule has 158 valence electrons. The Bertz CT molecular complexity index is 1020. The number of benzene rings is 1. The number of hydrogen-bond donors (Lipinski definition) is 2. The van der Waals surface area contributed by atoms with Gasteiger partial charge in [-0.2, -0.15) is 0 Å². The maximum atomic E-state index is 12.6. The first kappa shape index (κ1) is 19.1. The highest BCUT2D eigenvalue weighted by atomic mass is 16.5. The SMILES string of the molecule is Cc1ccccc1-c1noc(=O)n1CC(=O)NC(=O)NC12CC3CC(CC(C3)C1)C2. The van der Waals surface area contributed by atoms with E-state index >= 15 is 0 Å². The van der Waals surface area contributed by atoms with E-state index in [0.717, 1.165) is 29.4 Å². The number of amides is 3. The van der Waals surface area contributed by atoms with Crippen LogP contribution in [-0.4, -0.2) is 27.2 Å². The summed E-state index contributed by atoms with van der Waals surface area (Å²) in [6, 6.07) is 6.91. The molecule has 6 rings (SSSR count). The Hall–Kier alpha value is -2.90. The molecule has 3 amide bonds. The Morgan fingerprint density at radius 1 is 1.13 bits per heavy atom. The molecule has 0 spiro atoms. The number of nitrogens with zero attached hydrogens (tertiary/aromatic N) is 2. The molecule has 8 nitrogen and oxygen atoms in total. The van der Waals surface area contributed by atoms with Gasteiger partial charge in [0.25, 0.3) is 0 Å². The van der Waals surface area contributed by atoms with Crippen LogP contribution in [0.25, 0.3) is 11.4 Å². The van der Waals surface area contributed by atoms with Crippen molar-refractivity contribution in [1.82, 2.24) is 20.4 Å². The minimum Gasteiger partial charge on any atom is -0.332 e. The summed E-state index contributed by atoms with van der Waals surface area (Å²) in [5, 5.41) is 9.32. The van der Waals surface area contributed by atoms with Gasteiger partial charge in [0.1, 0.15) is 6.54 Å². The molecule has 1 heterocycles. The van der Waals surface area contributed by atoms with Gasteiger partial charge in [0.05, 0.1) is 0 Å². The Balaban J connectivity index is 1.26. The summed E-state index contributed by atoms with van der Waals surface area (Å²) < 4.78 is 5.93. The molecule has 4 fully saturated rings. The first-order valence-electron chi connectivity index (χ1n) is 10.7. The van der Waals surface area contributed by atoms with Crippen LogP contribution in [0.2, 0.25) is 0 Å². The smallest absolute Gasteiger partial charge is 0.332 e. The molecule has 4 saturated carbocycles. The van der Waals surface area contributed by atoms with Crippen LogP contribution in [0.1, 0.15) is 44.1 Å². The topological polar surface area (TPSA) is 106 Å². The maximum absolute atomic E-state index is 12.6. The number of carbonyl (C=O) groups is 2. The molecule has 0 atom stereocenters. The fraction of sp³-hybridized carbons (Fsp3) is 0.545. The van der Waals surface area contributed by atoms with Crippen molar-refractivity contribution in [2.45, 2.75) is 57.5 Å². The lowest BCUT2D eigenvalue weighted by Gasteiger charge is -2.56. The predicted molar refractivity (Wildman–Crippen MR) is 109 cm³/mol.